The van der Waals surface area contributed by atoms with E-state index in [-0.39, 0.29) is 30.0 Å². The van der Waals surface area contributed by atoms with E-state index in [1.165, 1.54) is 0 Å². The second-order valence-electron chi connectivity index (χ2n) is 7.20. The van der Waals surface area contributed by atoms with E-state index in [4.69, 9.17) is 11.6 Å². The van der Waals surface area contributed by atoms with E-state index in [1.54, 1.807) is 4.90 Å². The molecule has 25 heavy (non-hydrogen) atoms. The van der Waals surface area contributed by atoms with Crippen LogP contribution in [0.15, 0.2) is 24.3 Å². The van der Waals surface area contributed by atoms with Gasteiger partial charge in [0.05, 0.1) is 12.6 Å². The molecule has 5 nitrogen and oxygen atoms in total. The molecule has 0 radical (unpaired) electrons. The maximum Gasteiger partial charge on any atom is 0.222 e. The highest BCUT2D eigenvalue weighted by Crippen LogP contribution is 2.31. The van der Waals surface area contributed by atoms with Crippen molar-refractivity contribution in [3.05, 3.63) is 34.9 Å². The number of hydrogen-bond acceptors (Lipinski definition) is 3. The van der Waals surface area contributed by atoms with E-state index in [2.05, 4.69) is 5.32 Å². The van der Waals surface area contributed by atoms with Crippen molar-refractivity contribution in [3.8, 4) is 0 Å². The SMILES string of the molecule is O=C1CCC(CCC(=O)N2CCC[C@H]2CO)(Cc2ccc(Cl)cc2)N1. The number of nitrogens with one attached hydrogen (secondary N) is 1. The third kappa shape index (κ3) is 4.33. The van der Waals surface area contributed by atoms with Gasteiger partial charge in [-0.15, -0.1) is 0 Å². The van der Waals surface area contributed by atoms with Crippen molar-refractivity contribution in [2.75, 3.05) is 13.2 Å². The van der Waals surface area contributed by atoms with Crippen LogP contribution in [0.2, 0.25) is 5.02 Å². The molecule has 0 bridgehead atoms. The number of carbonyl (C=O) groups excluding carboxylic acids is 2. The zero-order valence-electron chi connectivity index (χ0n) is 14.3. The highest BCUT2D eigenvalue weighted by Gasteiger charge is 2.39. The van der Waals surface area contributed by atoms with Crippen LogP contribution in [0.5, 0.6) is 0 Å². The number of likely N-dealkylation sites (tertiary alicyclic amines) is 1. The quantitative estimate of drug-likeness (QED) is 0.813. The minimum Gasteiger partial charge on any atom is -0.394 e. The lowest BCUT2D eigenvalue weighted by Gasteiger charge is -2.31. The lowest BCUT2D eigenvalue weighted by molar-refractivity contribution is -0.133. The van der Waals surface area contributed by atoms with Gasteiger partial charge in [0, 0.05) is 29.9 Å². The molecule has 1 aromatic rings. The van der Waals surface area contributed by atoms with Crippen LogP contribution in [0.25, 0.3) is 0 Å². The molecule has 1 unspecified atom stereocenters. The number of amides is 2. The second-order valence-corrected chi connectivity index (χ2v) is 7.63. The van der Waals surface area contributed by atoms with Crippen LogP contribution in [0, 0.1) is 0 Å². The number of rotatable bonds is 6. The average molecular weight is 365 g/mol. The normalized spacial score (nSPS) is 26.1. The zero-order valence-corrected chi connectivity index (χ0v) is 15.1. The van der Waals surface area contributed by atoms with Gasteiger partial charge >= 0.3 is 0 Å². The van der Waals surface area contributed by atoms with Gasteiger partial charge in [-0.05, 0) is 49.8 Å². The molecule has 0 saturated carbocycles. The van der Waals surface area contributed by atoms with E-state index in [0.717, 1.165) is 31.4 Å². The number of carbonyl (C=O) groups is 2. The van der Waals surface area contributed by atoms with Crippen molar-refractivity contribution < 1.29 is 14.7 Å². The predicted octanol–water partition coefficient (Wildman–Crippen LogP) is 2.29. The highest BCUT2D eigenvalue weighted by atomic mass is 35.5. The van der Waals surface area contributed by atoms with Crippen LogP contribution >= 0.6 is 11.6 Å². The summed E-state index contributed by atoms with van der Waals surface area (Å²) in [7, 11) is 0. The van der Waals surface area contributed by atoms with Gasteiger partial charge in [-0.2, -0.15) is 0 Å². The molecular formula is C19H25ClN2O3. The number of benzene rings is 1. The number of nitrogens with zero attached hydrogens (tertiary/aromatic N) is 1. The van der Waals surface area contributed by atoms with Crippen molar-refractivity contribution in [2.24, 2.45) is 0 Å². The molecule has 2 heterocycles. The topological polar surface area (TPSA) is 69.6 Å². The van der Waals surface area contributed by atoms with E-state index in [9.17, 15) is 14.7 Å². The zero-order chi connectivity index (χ0) is 17.9. The first-order chi connectivity index (χ1) is 12.0. The first-order valence-electron chi connectivity index (χ1n) is 8.97. The Morgan fingerprint density at radius 2 is 2.12 bits per heavy atom. The van der Waals surface area contributed by atoms with Crippen LogP contribution in [0.4, 0.5) is 0 Å². The molecule has 2 amide bonds. The fraction of sp³-hybridized carbons (Fsp3) is 0.579. The maximum atomic E-state index is 12.6. The molecular weight excluding hydrogens is 340 g/mol. The molecule has 2 atom stereocenters. The summed E-state index contributed by atoms with van der Waals surface area (Å²) in [6.45, 7) is 0.749. The Bertz CT molecular complexity index is 634. The number of hydrogen-bond donors (Lipinski definition) is 2. The monoisotopic (exact) mass is 364 g/mol. The lowest BCUT2D eigenvalue weighted by atomic mass is 9.85. The summed E-state index contributed by atoms with van der Waals surface area (Å²) < 4.78 is 0. The molecule has 136 valence electrons. The Labute approximate surface area is 153 Å². The van der Waals surface area contributed by atoms with Crippen LogP contribution < -0.4 is 5.32 Å². The molecule has 0 spiro atoms. The Hall–Kier alpha value is -1.59. The number of halogens is 1. The fourth-order valence-electron chi connectivity index (χ4n) is 4.02. The molecule has 3 rings (SSSR count). The van der Waals surface area contributed by atoms with Gasteiger partial charge in [-0.1, -0.05) is 23.7 Å². The van der Waals surface area contributed by atoms with Crippen LogP contribution in [-0.4, -0.2) is 46.6 Å². The number of aliphatic hydroxyl groups excluding tert-OH is 1. The molecule has 6 heteroatoms. The Kier molecular flexibility index (Phi) is 5.64. The van der Waals surface area contributed by atoms with E-state index < -0.39 is 0 Å². The summed E-state index contributed by atoms with van der Waals surface area (Å²) in [5.74, 6) is 0.129. The van der Waals surface area contributed by atoms with Crippen LogP contribution in [-0.2, 0) is 16.0 Å². The van der Waals surface area contributed by atoms with Crippen molar-refractivity contribution in [3.63, 3.8) is 0 Å². The van der Waals surface area contributed by atoms with E-state index in [1.807, 2.05) is 24.3 Å². The van der Waals surface area contributed by atoms with Gasteiger partial charge < -0.3 is 15.3 Å². The highest BCUT2D eigenvalue weighted by molar-refractivity contribution is 6.30. The summed E-state index contributed by atoms with van der Waals surface area (Å²) in [5, 5.41) is 13.2. The minimum absolute atomic E-state index is 0.0262. The fourth-order valence-corrected chi connectivity index (χ4v) is 4.14. The first-order valence-corrected chi connectivity index (χ1v) is 9.35. The summed E-state index contributed by atoms with van der Waals surface area (Å²) in [6.07, 6.45) is 4.78. The second kappa shape index (κ2) is 7.75. The van der Waals surface area contributed by atoms with Crippen LogP contribution in [0.3, 0.4) is 0 Å². The van der Waals surface area contributed by atoms with Crippen molar-refractivity contribution >= 4 is 23.4 Å². The van der Waals surface area contributed by atoms with Gasteiger partial charge in [0.2, 0.25) is 11.8 Å². The lowest BCUT2D eigenvalue weighted by Crippen LogP contribution is -2.45. The van der Waals surface area contributed by atoms with Gasteiger partial charge in [0.1, 0.15) is 0 Å². The third-order valence-electron chi connectivity index (χ3n) is 5.42. The summed E-state index contributed by atoms with van der Waals surface area (Å²) in [5.41, 5.74) is 0.739. The van der Waals surface area contributed by atoms with Gasteiger partial charge in [0.25, 0.3) is 0 Å². The van der Waals surface area contributed by atoms with E-state index >= 15 is 0 Å². The van der Waals surface area contributed by atoms with Crippen molar-refractivity contribution in [1.29, 1.82) is 0 Å². The van der Waals surface area contributed by atoms with Gasteiger partial charge in [-0.3, -0.25) is 9.59 Å². The molecule has 1 aromatic carbocycles. The average Bonchev–Trinajstić information content (AvgIpc) is 3.22. The molecule has 2 fully saturated rings. The Balaban J connectivity index is 1.65. The van der Waals surface area contributed by atoms with Gasteiger partial charge in [0.15, 0.2) is 0 Å². The smallest absolute Gasteiger partial charge is 0.222 e. The van der Waals surface area contributed by atoms with E-state index in [0.29, 0.717) is 30.7 Å². The third-order valence-corrected chi connectivity index (χ3v) is 5.67. The van der Waals surface area contributed by atoms with Crippen LogP contribution in [0.1, 0.15) is 44.1 Å². The van der Waals surface area contributed by atoms with Crippen molar-refractivity contribution in [2.45, 2.75) is 56.5 Å². The Morgan fingerprint density at radius 3 is 2.76 bits per heavy atom. The summed E-state index contributed by atoms with van der Waals surface area (Å²) in [6, 6.07) is 7.60. The standard InChI is InChI=1S/C19H25ClN2O3/c20-15-5-3-14(4-6-15)12-19(9-7-17(24)21-19)10-8-18(25)22-11-1-2-16(22)13-23/h3-6,16,23H,1-2,7-13H2,(H,21,24)/t16-,19?/m0/s1. The van der Waals surface area contributed by atoms with Crippen molar-refractivity contribution in [1.82, 2.24) is 10.2 Å². The Morgan fingerprint density at radius 1 is 1.36 bits per heavy atom. The predicted molar refractivity (Wildman–Crippen MR) is 96.3 cm³/mol. The maximum absolute atomic E-state index is 12.6. The largest absolute Gasteiger partial charge is 0.394 e. The summed E-state index contributed by atoms with van der Waals surface area (Å²) in [4.78, 5) is 26.2. The summed E-state index contributed by atoms with van der Waals surface area (Å²) >= 11 is 5.95. The first kappa shape index (κ1) is 18.2. The molecule has 2 saturated heterocycles. The molecule has 0 aromatic heterocycles. The molecule has 2 N–H and O–H groups in total. The minimum atomic E-state index is -0.366. The molecule has 2 aliphatic heterocycles. The van der Waals surface area contributed by atoms with Gasteiger partial charge in [-0.25, -0.2) is 0 Å². The number of aliphatic hydroxyl groups is 1. The molecule has 0 aliphatic carbocycles. The molecule has 2 aliphatic rings.